The Balaban J connectivity index is 2.49. The molecule has 0 aromatic heterocycles. The van der Waals surface area contributed by atoms with Crippen LogP contribution in [0.4, 0.5) is 10.1 Å². The van der Waals surface area contributed by atoms with Crippen molar-refractivity contribution in [2.24, 2.45) is 5.92 Å². The quantitative estimate of drug-likeness (QED) is 0.837. The molecular formula is C13H16FN3O. The molecule has 0 aliphatic heterocycles. The number of carbonyl (C=O) groups is 1. The van der Waals surface area contributed by atoms with Crippen LogP contribution in [-0.4, -0.2) is 19.0 Å². The van der Waals surface area contributed by atoms with Crippen molar-refractivity contribution in [2.75, 3.05) is 18.4 Å². The van der Waals surface area contributed by atoms with Gasteiger partial charge in [0.1, 0.15) is 5.82 Å². The molecule has 18 heavy (non-hydrogen) atoms. The summed E-state index contributed by atoms with van der Waals surface area (Å²) in [5, 5.41) is 14.0. The fourth-order valence-electron chi connectivity index (χ4n) is 1.28. The molecule has 0 spiro atoms. The van der Waals surface area contributed by atoms with Gasteiger partial charge in [0.15, 0.2) is 0 Å². The number of benzene rings is 1. The molecule has 1 rings (SSSR count). The van der Waals surface area contributed by atoms with Gasteiger partial charge in [-0.05, 0) is 24.1 Å². The third-order valence-electron chi connectivity index (χ3n) is 2.25. The maximum absolute atomic E-state index is 13.5. The van der Waals surface area contributed by atoms with Crippen LogP contribution in [-0.2, 0) is 4.79 Å². The summed E-state index contributed by atoms with van der Waals surface area (Å²) in [6, 6.07) is 5.92. The number of hydrogen-bond donors (Lipinski definition) is 2. The van der Waals surface area contributed by atoms with Crippen LogP contribution < -0.4 is 10.6 Å². The van der Waals surface area contributed by atoms with E-state index in [-0.39, 0.29) is 23.7 Å². The molecule has 1 amide bonds. The maximum atomic E-state index is 13.5. The van der Waals surface area contributed by atoms with Crippen molar-refractivity contribution in [2.45, 2.75) is 13.8 Å². The minimum absolute atomic E-state index is 0.00946. The average Bonchev–Trinajstić information content (AvgIpc) is 2.34. The first-order valence-corrected chi connectivity index (χ1v) is 5.73. The third-order valence-corrected chi connectivity index (χ3v) is 2.25. The lowest BCUT2D eigenvalue weighted by Crippen LogP contribution is -2.32. The Morgan fingerprint density at radius 2 is 2.22 bits per heavy atom. The normalized spacial score (nSPS) is 9.94. The lowest BCUT2D eigenvalue weighted by molar-refractivity contribution is -0.119. The van der Waals surface area contributed by atoms with Crippen molar-refractivity contribution < 1.29 is 9.18 Å². The van der Waals surface area contributed by atoms with E-state index >= 15 is 0 Å². The Morgan fingerprint density at radius 1 is 1.50 bits per heavy atom. The zero-order chi connectivity index (χ0) is 13.5. The Bertz CT molecular complexity index is 466. The summed E-state index contributed by atoms with van der Waals surface area (Å²) in [6.07, 6.45) is 0. The monoisotopic (exact) mass is 249 g/mol. The van der Waals surface area contributed by atoms with Crippen molar-refractivity contribution >= 4 is 11.6 Å². The maximum Gasteiger partial charge on any atom is 0.239 e. The second-order valence-corrected chi connectivity index (χ2v) is 4.36. The summed E-state index contributed by atoms with van der Waals surface area (Å²) in [5.74, 6) is -0.348. The average molecular weight is 249 g/mol. The lowest BCUT2D eigenvalue weighted by Gasteiger charge is -2.10. The van der Waals surface area contributed by atoms with Crippen molar-refractivity contribution in [3.05, 3.63) is 29.6 Å². The molecular weight excluding hydrogens is 233 g/mol. The Kier molecular flexibility index (Phi) is 5.12. The molecule has 0 aliphatic rings. The highest BCUT2D eigenvalue weighted by atomic mass is 19.1. The predicted octanol–water partition coefficient (Wildman–Crippen LogP) is 1.88. The smallest absolute Gasteiger partial charge is 0.239 e. The molecule has 0 heterocycles. The highest BCUT2D eigenvalue weighted by molar-refractivity contribution is 5.80. The van der Waals surface area contributed by atoms with Crippen LogP contribution >= 0.6 is 0 Å². The van der Waals surface area contributed by atoms with Crippen molar-refractivity contribution in [3.63, 3.8) is 0 Å². The van der Waals surface area contributed by atoms with Gasteiger partial charge in [0.25, 0.3) is 0 Å². The number of amides is 1. The van der Waals surface area contributed by atoms with Crippen LogP contribution in [0, 0.1) is 23.1 Å². The van der Waals surface area contributed by atoms with E-state index in [0.29, 0.717) is 12.5 Å². The van der Waals surface area contributed by atoms with Gasteiger partial charge in [-0.1, -0.05) is 13.8 Å². The van der Waals surface area contributed by atoms with Gasteiger partial charge in [-0.2, -0.15) is 5.26 Å². The summed E-state index contributed by atoms with van der Waals surface area (Å²) in [6.45, 7) is 4.59. The first kappa shape index (κ1) is 14.0. The largest absolute Gasteiger partial charge is 0.374 e. The topological polar surface area (TPSA) is 64.9 Å². The van der Waals surface area contributed by atoms with Crippen LogP contribution in [0.25, 0.3) is 0 Å². The second-order valence-electron chi connectivity index (χ2n) is 4.36. The molecule has 0 saturated heterocycles. The Morgan fingerprint density at radius 3 is 2.78 bits per heavy atom. The van der Waals surface area contributed by atoms with E-state index in [1.165, 1.54) is 12.1 Å². The molecule has 0 saturated carbocycles. The summed E-state index contributed by atoms with van der Waals surface area (Å²) in [4.78, 5) is 11.4. The number of halogens is 1. The highest BCUT2D eigenvalue weighted by Crippen LogP contribution is 2.14. The summed E-state index contributed by atoms with van der Waals surface area (Å²) in [7, 11) is 0. The van der Waals surface area contributed by atoms with Crippen molar-refractivity contribution in [3.8, 4) is 6.07 Å². The second kappa shape index (κ2) is 6.60. The molecule has 0 radical (unpaired) electrons. The van der Waals surface area contributed by atoms with Crippen LogP contribution in [0.2, 0.25) is 0 Å². The fraction of sp³-hybridized carbons (Fsp3) is 0.385. The van der Waals surface area contributed by atoms with Gasteiger partial charge in [-0.3, -0.25) is 4.79 Å². The number of hydrogen-bond acceptors (Lipinski definition) is 3. The predicted molar refractivity (Wildman–Crippen MR) is 67.5 cm³/mol. The highest BCUT2D eigenvalue weighted by Gasteiger charge is 2.06. The number of anilines is 1. The van der Waals surface area contributed by atoms with Gasteiger partial charge in [0.05, 0.1) is 23.9 Å². The molecule has 0 atom stereocenters. The summed E-state index contributed by atoms with van der Waals surface area (Å²) < 4.78 is 13.5. The van der Waals surface area contributed by atoms with E-state index in [9.17, 15) is 9.18 Å². The zero-order valence-corrected chi connectivity index (χ0v) is 10.5. The first-order chi connectivity index (χ1) is 8.52. The zero-order valence-electron chi connectivity index (χ0n) is 10.5. The van der Waals surface area contributed by atoms with E-state index < -0.39 is 5.82 Å². The number of rotatable bonds is 5. The molecule has 0 fully saturated rings. The van der Waals surface area contributed by atoms with Gasteiger partial charge in [0, 0.05) is 6.54 Å². The number of nitrogens with one attached hydrogen (secondary N) is 2. The standard InChI is InChI=1S/C13H16FN3O/c1-9(2)7-17-13(18)8-16-12-4-3-10(6-15)5-11(12)14/h3-5,9,16H,7-8H2,1-2H3,(H,17,18). The van der Waals surface area contributed by atoms with Crippen LogP contribution in [0.15, 0.2) is 18.2 Å². The van der Waals surface area contributed by atoms with Gasteiger partial charge < -0.3 is 10.6 Å². The van der Waals surface area contributed by atoms with E-state index in [2.05, 4.69) is 10.6 Å². The van der Waals surface area contributed by atoms with Gasteiger partial charge >= 0.3 is 0 Å². The summed E-state index contributed by atoms with van der Waals surface area (Å²) >= 11 is 0. The van der Waals surface area contributed by atoms with Crippen molar-refractivity contribution in [1.82, 2.24) is 5.32 Å². The number of nitriles is 1. The van der Waals surface area contributed by atoms with Crippen LogP contribution in [0.5, 0.6) is 0 Å². The molecule has 1 aromatic rings. The molecule has 96 valence electrons. The molecule has 0 unspecified atom stereocenters. The SMILES string of the molecule is CC(C)CNC(=O)CNc1ccc(C#N)cc1F. The van der Waals surface area contributed by atoms with E-state index in [1.54, 1.807) is 0 Å². The molecule has 0 aliphatic carbocycles. The minimum Gasteiger partial charge on any atom is -0.374 e. The van der Waals surface area contributed by atoms with E-state index in [4.69, 9.17) is 5.26 Å². The molecule has 2 N–H and O–H groups in total. The Labute approximate surface area is 106 Å². The molecule has 1 aromatic carbocycles. The first-order valence-electron chi connectivity index (χ1n) is 5.73. The fourth-order valence-corrected chi connectivity index (χ4v) is 1.28. The van der Waals surface area contributed by atoms with Gasteiger partial charge in [-0.25, -0.2) is 4.39 Å². The van der Waals surface area contributed by atoms with Crippen molar-refractivity contribution in [1.29, 1.82) is 5.26 Å². The van der Waals surface area contributed by atoms with Gasteiger partial charge in [-0.15, -0.1) is 0 Å². The lowest BCUT2D eigenvalue weighted by atomic mass is 10.2. The Hall–Kier alpha value is -2.09. The minimum atomic E-state index is -0.536. The molecule has 0 bridgehead atoms. The summed E-state index contributed by atoms with van der Waals surface area (Å²) in [5.41, 5.74) is 0.469. The van der Waals surface area contributed by atoms with E-state index in [0.717, 1.165) is 6.07 Å². The van der Waals surface area contributed by atoms with Gasteiger partial charge in [0.2, 0.25) is 5.91 Å². The van der Waals surface area contributed by atoms with E-state index in [1.807, 2.05) is 19.9 Å². The third kappa shape index (κ3) is 4.42. The molecule has 4 nitrogen and oxygen atoms in total. The number of nitrogens with zero attached hydrogens (tertiary/aromatic N) is 1. The van der Waals surface area contributed by atoms with Crippen LogP contribution in [0.1, 0.15) is 19.4 Å². The number of carbonyl (C=O) groups excluding carboxylic acids is 1. The molecule has 5 heteroatoms. The van der Waals surface area contributed by atoms with Crippen LogP contribution in [0.3, 0.4) is 0 Å².